The van der Waals surface area contributed by atoms with Crippen LogP contribution in [0.4, 0.5) is 5.69 Å². The van der Waals surface area contributed by atoms with Gasteiger partial charge in [-0.1, -0.05) is 42.5 Å². The first-order chi connectivity index (χ1) is 18.1. The Labute approximate surface area is 218 Å². The van der Waals surface area contributed by atoms with E-state index in [1.807, 2.05) is 64.4 Å². The van der Waals surface area contributed by atoms with Crippen LogP contribution in [0.2, 0.25) is 0 Å². The lowest BCUT2D eigenvalue weighted by Crippen LogP contribution is -2.53. The van der Waals surface area contributed by atoms with Crippen LogP contribution >= 0.6 is 0 Å². The van der Waals surface area contributed by atoms with Gasteiger partial charge in [0.05, 0.1) is 12.0 Å². The van der Waals surface area contributed by atoms with Gasteiger partial charge in [0.1, 0.15) is 6.10 Å². The summed E-state index contributed by atoms with van der Waals surface area (Å²) in [6, 6.07) is 17.7. The summed E-state index contributed by atoms with van der Waals surface area (Å²) in [5.41, 5.74) is 2.66. The Hall–Kier alpha value is -3.39. The van der Waals surface area contributed by atoms with Gasteiger partial charge in [0.25, 0.3) is 11.8 Å². The molecule has 0 aliphatic carbocycles. The van der Waals surface area contributed by atoms with Gasteiger partial charge in [-0.15, -0.1) is 0 Å². The molecule has 5 rings (SSSR count). The molecule has 0 aromatic heterocycles. The number of hydrogen-bond acceptors (Lipinski definition) is 5. The van der Waals surface area contributed by atoms with E-state index in [-0.39, 0.29) is 29.9 Å². The van der Waals surface area contributed by atoms with E-state index in [1.54, 1.807) is 0 Å². The van der Waals surface area contributed by atoms with Crippen molar-refractivity contribution < 1.29 is 19.1 Å². The molecule has 2 aromatic carbocycles. The van der Waals surface area contributed by atoms with E-state index in [0.29, 0.717) is 44.8 Å². The van der Waals surface area contributed by atoms with Crippen molar-refractivity contribution in [2.75, 3.05) is 50.8 Å². The van der Waals surface area contributed by atoms with Gasteiger partial charge >= 0.3 is 0 Å². The monoisotopic (exact) mass is 504 g/mol. The van der Waals surface area contributed by atoms with Crippen LogP contribution in [0, 0.1) is 0 Å². The van der Waals surface area contributed by atoms with Crippen LogP contribution < -0.4 is 10.2 Å². The average molecular weight is 505 g/mol. The number of benzene rings is 2. The lowest BCUT2D eigenvalue weighted by atomic mass is 10.0. The molecule has 0 saturated carbocycles. The highest BCUT2D eigenvalue weighted by atomic mass is 16.5. The van der Waals surface area contributed by atoms with Crippen LogP contribution in [0.1, 0.15) is 41.6 Å². The van der Waals surface area contributed by atoms with Crippen molar-refractivity contribution in [1.82, 2.24) is 15.1 Å². The standard InChI is InChI=1S/C29H36N4O4/c34-27(21-22-7-2-1-3-8-22)30-23-12-14-31(15-13-23)25-10-5-4-9-24(25)28(35)32-16-18-33(19-17-32)29(36)26-11-6-20-37-26/h1-5,7-10,23,26H,6,11-21H2,(H,30,34)/t26-/m1/s1. The minimum atomic E-state index is -0.311. The summed E-state index contributed by atoms with van der Waals surface area (Å²) in [7, 11) is 0. The van der Waals surface area contributed by atoms with Crippen molar-refractivity contribution in [2.45, 2.75) is 44.2 Å². The summed E-state index contributed by atoms with van der Waals surface area (Å²) < 4.78 is 5.55. The maximum Gasteiger partial charge on any atom is 0.256 e. The minimum absolute atomic E-state index is 0.0121. The summed E-state index contributed by atoms with van der Waals surface area (Å²) in [6.45, 7) is 4.36. The predicted octanol–water partition coefficient (Wildman–Crippen LogP) is 2.48. The van der Waals surface area contributed by atoms with Gasteiger partial charge in [-0.25, -0.2) is 0 Å². The molecule has 1 atom stereocenters. The molecule has 3 aliphatic rings. The zero-order chi connectivity index (χ0) is 25.6. The van der Waals surface area contributed by atoms with Crippen molar-refractivity contribution in [2.24, 2.45) is 0 Å². The molecule has 0 unspecified atom stereocenters. The molecular formula is C29H36N4O4. The van der Waals surface area contributed by atoms with Crippen LogP contribution in [-0.4, -0.2) is 85.5 Å². The van der Waals surface area contributed by atoms with E-state index < -0.39 is 0 Å². The minimum Gasteiger partial charge on any atom is -0.371 e. The Morgan fingerprint density at radius 2 is 1.49 bits per heavy atom. The van der Waals surface area contributed by atoms with E-state index in [2.05, 4.69) is 10.2 Å². The summed E-state index contributed by atoms with van der Waals surface area (Å²) in [5.74, 6) is 0.124. The predicted molar refractivity (Wildman–Crippen MR) is 141 cm³/mol. The molecule has 8 heteroatoms. The Morgan fingerprint density at radius 1 is 0.811 bits per heavy atom. The van der Waals surface area contributed by atoms with Crippen molar-refractivity contribution in [3.63, 3.8) is 0 Å². The first-order valence-corrected chi connectivity index (χ1v) is 13.5. The first kappa shape index (κ1) is 25.3. The van der Waals surface area contributed by atoms with Gasteiger partial charge in [-0.3, -0.25) is 14.4 Å². The molecule has 3 aliphatic heterocycles. The van der Waals surface area contributed by atoms with Gasteiger partial charge in [0.15, 0.2) is 0 Å². The third kappa shape index (κ3) is 6.13. The largest absolute Gasteiger partial charge is 0.371 e. The number of carbonyl (C=O) groups is 3. The number of ether oxygens (including phenoxy) is 1. The van der Waals surface area contributed by atoms with Gasteiger partial charge < -0.3 is 24.8 Å². The summed E-state index contributed by atoms with van der Waals surface area (Å²) >= 11 is 0. The summed E-state index contributed by atoms with van der Waals surface area (Å²) in [5, 5.41) is 3.18. The lowest BCUT2D eigenvalue weighted by Gasteiger charge is -2.37. The van der Waals surface area contributed by atoms with E-state index >= 15 is 0 Å². The molecule has 0 bridgehead atoms. The maximum atomic E-state index is 13.5. The number of nitrogens with zero attached hydrogens (tertiary/aromatic N) is 3. The number of hydrogen-bond donors (Lipinski definition) is 1. The molecule has 1 N–H and O–H groups in total. The highest BCUT2D eigenvalue weighted by Crippen LogP contribution is 2.26. The quantitative estimate of drug-likeness (QED) is 0.654. The fourth-order valence-corrected chi connectivity index (χ4v) is 5.53. The van der Waals surface area contributed by atoms with Crippen LogP contribution in [0.5, 0.6) is 0 Å². The van der Waals surface area contributed by atoms with E-state index in [4.69, 9.17) is 4.74 Å². The van der Waals surface area contributed by atoms with Crippen LogP contribution in [-0.2, 0) is 20.7 Å². The number of rotatable bonds is 6. The number of piperidine rings is 1. The number of anilines is 1. The smallest absolute Gasteiger partial charge is 0.256 e. The molecule has 3 saturated heterocycles. The van der Waals surface area contributed by atoms with Gasteiger partial charge in [-0.2, -0.15) is 0 Å². The van der Waals surface area contributed by atoms with Crippen molar-refractivity contribution >= 4 is 23.4 Å². The summed E-state index contributed by atoms with van der Waals surface area (Å²) in [6.07, 6.45) is 3.49. The Bertz CT molecular complexity index is 1090. The van der Waals surface area contributed by atoms with Crippen LogP contribution in [0.25, 0.3) is 0 Å². The molecule has 3 amide bonds. The van der Waals surface area contributed by atoms with Gasteiger partial charge in [0, 0.05) is 57.6 Å². The third-order valence-electron chi connectivity index (χ3n) is 7.63. The number of piperazine rings is 1. The fourth-order valence-electron chi connectivity index (χ4n) is 5.53. The molecule has 196 valence electrons. The highest BCUT2D eigenvalue weighted by Gasteiger charge is 2.32. The number of amides is 3. The highest BCUT2D eigenvalue weighted by molar-refractivity contribution is 6.00. The Balaban J connectivity index is 1.14. The second kappa shape index (κ2) is 11.8. The SMILES string of the molecule is O=C(Cc1ccccc1)NC1CCN(c2ccccc2C(=O)N2CCN(C(=O)[C@H]3CCCO3)CC2)CC1. The lowest BCUT2D eigenvalue weighted by molar-refractivity contribution is -0.142. The molecule has 0 radical (unpaired) electrons. The average Bonchev–Trinajstić information content (AvgIpc) is 3.49. The van der Waals surface area contributed by atoms with Crippen molar-refractivity contribution in [1.29, 1.82) is 0 Å². The molecular weight excluding hydrogens is 468 g/mol. The van der Waals surface area contributed by atoms with Crippen LogP contribution in [0.15, 0.2) is 54.6 Å². The molecule has 3 heterocycles. The number of carbonyl (C=O) groups excluding carboxylic acids is 3. The maximum absolute atomic E-state index is 13.5. The zero-order valence-electron chi connectivity index (χ0n) is 21.3. The van der Waals surface area contributed by atoms with Gasteiger partial charge in [-0.05, 0) is 43.4 Å². The molecule has 8 nitrogen and oxygen atoms in total. The van der Waals surface area contributed by atoms with E-state index in [1.165, 1.54) is 0 Å². The molecule has 0 spiro atoms. The second-order valence-corrected chi connectivity index (χ2v) is 10.1. The topological polar surface area (TPSA) is 82.2 Å². The molecule has 37 heavy (non-hydrogen) atoms. The number of para-hydroxylation sites is 1. The van der Waals surface area contributed by atoms with Crippen LogP contribution in [0.3, 0.4) is 0 Å². The molecule has 3 fully saturated rings. The van der Waals surface area contributed by atoms with E-state index in [9.17, 15) is 14.4 Å². The first-order valence-electron chi connectivity index (χ1n) is 13.5. The molecule has 2 aromatic rings. The van der Waals surface area contributed by atoms with Crippen molar-refractivity contribution in [3.05, 3.63) is 65.7 Å². The third-order valence-corrected chi connectivity index (χ3v) is 7.63. The van der Waals surface area contributed by atoms with Crippen molar-refractivity contribution in [3.8, 4) is 0 Å². The number of nitrogens with one attached hydrogen (secondary N) is 1. The van der Waals surface area contributed by atoms with Gasteiger partial charge in [0.2, 0.25) is 5.91 Å². The Kier molecular flexibility index (Phi) is 8.04. The van der Waals surface area contributed by atoms with E-state index in [0.717, 1.165) is 50.0 Å². The normalized spacial score (nSPS) is 20.6. The fraction of sp³-hybridized carbons (Fsp3) is 0.483. The second-order valence-electron chi connectivity index (χ2n) is 10.1. The Morgan fingerprint density at radius 3 is 2.19 bits per heavy atom. The zero-order valence-corrected chi connectivity index (χ0v) is 21.3. The summed E-state index contributed by atoms with van der Waals surface area (Å²) in [4.78, 5) is 44.6.